The fourth-order valence-corrected chi connectivity index (χ4v) is 4.43. The maximum absolute atomic E-state index is 5.49. The average Bonchev–Trinajstić information content (AvgIpc) is 3.04. The molecule has 0 bridgehead atoms. The summed E-state index contributed by atoms with van der Waals surface area (Å²) in [5.74, 6) is 0. The van der Waals surface area contributed by atoms with Gasteiger partial charge in [0.1, 0.15) is 0 Å². The van der Waals surface area contributed by atoms with Gasteiger partial charge in [0, 0.05) is 45.7 Å². The second-order valence-electron chi connectivity index (χ2n) is 8.78. The van der Waals surface area contributed by atoms with Crippen molar-refractivity contribution in [2.75, 3.05) is 45.9 Å². The minimum Gasteiger partial charge on any atom is -0.379 e. The fourth-order valence-electron chi connectivity index (χ4n) is 4.43. The molecular formula is C22H32N4O. The molecule has 0 spiro atoms. The Morgan fingerprint density at radius 2 is 1.70 bits per heavy atom. The van der Waals surface area contributed by atoms with Crippen LogP contribution in [0.4, 0.5) is 0 Å². The van der Waals surface area contributed by atoms with Gasteiger partial charge in [-0.1, -0.05) is 44.2 Å². The molecule has 2 aromatic rings. The Kier molecular flexibility index (Phi) is 5.62. The first-order chi connectivity index (χ1) is 13.1. The summed E-state index contributed by atoms with van der Waals surface area (Å²) in [7, 11) is 0. The third kappa shape index (κ3) is 4.98. The largest absolute Gasteiger partial charge is 0.379 e. The van der Waals surface area contributed by atoms with E-state index in [4.69, 9.17) is 9.84 Å². The summed E-state index contributed by atoms with van der Waals surface area (Å²) in [4.78, 5) is 5.15. The van der Waals surface area contributed by atoms with Crippen molar-refractivity contribution in [2.45, 2.75) is 33.4 Å². The van der Waals surface area contributed by atoms with Crippen molar-refractivity contribution >= 4 is 0 Å². The quantitative estimate of drug-likeness (QED) is 0.785. The Balaban J connectivity index is 1.35. The molecule has 2 aliphatic heterocycles. The summed E-state index contributed by atoms with van der Waals surface area (Å²) in [6.07, 6.45) is 0.920. The standard InChI is InChI=1S/C22H32N4O/c1-22(2,17-24-10-12-27-13-11-24)18-25-8-9-26-21(16-25)15-20(23-26)14-19-6-4-3-5-7-19/h3-7,15H,8-14,16-18H2,1-2H3. The smallest absolute Gasteiger partial charge is 0.0671 e. The molecule has 0 unspecified atom stereocenters. The van der Waals surface area contributed by atoms with Crippen LogP contribution in [-0.2, 0) is 24.2 Å². The van der Waals surface area contributed by atoms with E-state index in [1.54, 1.807) is 0 Å². The highest BCUT2D eigenvalue weighted by Crippen LogP contribution is 2.23. The zero-order valence-corrected chi connectivity index (χ0v) is 16.7. The van der Waals surface area contributed by atoms with Crippen LogP contribution in [0, 0.1) is 5.41 Å². The van der Waals surface area contributed by atoms with Crippen LogP contribution in [0.15, 0.2) is 36.4 Å². The maximum Gasteiger partial charge on any atom is 0.0671 e. The van der Waals surface area contributed by atoms with Crippen LogP contribution in [0.2, 0.25) is 0 Å². The molecule has 0 saturated carbocycles. The van der Waals surface area contributed by atoms with Crippen LogP contribution in [-0.4, -0.2) is 65.5 Å². The van der Waals surface area contributed by atoms with Crippen molar-refractivity contribution in [2.24, 2.45) is 5.41 Å². The number of aromatic nitrogens is 2. The Morgan fingerprint density at radius 3 is 2.48 bits per heavy atom. The molecule has 1 aromatic carbocycles. The highest BCUT2D eigenvalue weighted by molar-refractivity contribution is 5.23. The molecule has 3 heterocycles. The second kappa shape index (κ2) is 8.13. The van der Waals surface area contributed by atoms with Crippen LogP contribution >= 0.6 is 0 Å². The zero-order chi connectivity index (χ0) is 18.7. The van der Waals surface area contributed by atoms with Gasteiger partial charge in [0.25, 0.3) is 0 Å². The fraction of sp³-hybridized carbons (Fsp3) is 0.591. The predicted molar refractivity (Wildman–Crippen MR) is 108 cm³/mol. The molecule has 1 saturated heterocycles. The molecule has 1 aromatic heterocycles. The molecule has 1 fully saturated rings. The number of hydrogen-bond donors (Lipinski definition) is 0. The molecule has 4 rings (SSSR count). The first-order valence-electron chi connectivity index (χ1n) is 10.2. The molecule has 0 aliphatic carbocycles. The molecule has 5 nitrogen and oxygen atoms in total. The lowest BCUT2D eigenvalue weighted by Gasteiger charge is -2.39. The van der Waals surface area contributed by atoms with E-state index in [-0.39, 0.29) is 5.41 Å². The summed E-state index contributed by atoms with van der Waals surface area (Å²) in [6.45, 7) is 14.1. The monoisotopic (exact) mass is 368 g/mol. The van der Waals surface area contributed by atoms with Crippen LogP contribution in [0.3, 0.4) is 0 Å². The van der Waals surface area contributed by atoms with Gasteiger partial charge in [-0.05, 0) is 17.0 Å². The van der Waals surface area contributed by atoms with E-state index in [1.807, 2.05) is 0 Å². The maximum atomic E-state index is 5.49. The minimum absolute atomic E-state index is 0.284. The Morgan fingerprint density at radius 1 is 0.963 bits per heavy atom. The third-order valence-corrected chi connectivity index (χ3v) is 5.56. The highest BCUT2D eigenvalue weighted by atomic mass is 16.5. The predicted octanol–water partition coefficient (Wildman–Crippen LogP) is 2.65. The van der Waals surface area contributed by atoms with Gasteiger partial charge in [0.2, 0.25) is 0 Å². The van der Waals surface area contributed by atoms with E-state index in [1.165, 1.54) is 17.0 Å². The van der Waals surface area contributed by atoms with Gasteiger partial charge in [-0.2, -0.15) is 5.10 Å². The number of ether oxygens (including phenoxy) is 1. The molecule has 5 heteroatoms. The lowest BCUT2D eigenvalue weighted by atomic mass is 9.91. The van der Waals surface area contributed by atoms with Gasteiger partial charge < -0.3 is 4.74 Å². The van der Waals surface area contributed by atoms with Crippen LogP contribution in [0.5, 0.6) is 0 Å². The molecular weight excluding hydrogens is 336 g/mol. The first-order valence-corrected chi connectivity index (χ1v) is 10.2. The molecule has 0 radical (unpaired) electrons. The van der Waals surface area contributed by atoms with Crippen molar-refractivity contribution in [3.05, 3.63) is 53.3 Å². The molecule has 0 amide bonds. The Bertz CT molecular complexity index is 734. The van der Waals surface area contributed by atoms with Gasteiger partial charge >= 0.3 is 0 Å². The summed E-state index contributed by atoms with van der Waals surface area (Å²) >= 11 is 0. The topological polar surface area (TPSA) is 33.5 Å². The van der Waals surface area contributed by atoms with Gasteiger partial charge in [0.15, 0.2) is 0 Å². The van der Waals surface area contributed by atoms with E-state index in [0.717, 1.165) is 65.4 Å². The lowest BCUT2D eigenvalue weighted by Crippen LogP contribution is -2.47. The van der Waals surface area contributed by atoms with E-state index >= 15 is 0 Å². The van der Waals surface area contributed by atoms with Crippen molar-refractivity contribution < 1.29 is 4.74 Å². The van der Waals surface area contributed by atoms with Crippen molar-refractivity contribution in [1.82, 2.24) is 19.6 Å². The number of hydrogen-bond acceptors (Lipinski definition) is 4. The van der Waals surface area contributed by atoms with Crippen LogP contribution < -0.4 is 0 Å². The van der Waals surface area contributed by atoms with Gasteiger partial charge in [-0.15, -0.1) is 0 Å². The summed E-state index contributed by atoms with van der Waals surface area (Å²) < 4.78 is 7.70. The Labute approximate surface area is 162 Å². The molecule has 0 atom stereocenters. The normalized spacial score (nSPS) is 19.2. The highest BCUT2D eigenvalue weighted by Gasteiger charge is 2.28. The van der Waals surface area contributed by atoms with Crippen LogP contribution in [0.25, 0.3) is 0 Å². The molecule has 27 heavy (non-hydrogen) atoms. The zero-order valence-electron chi connectivity index (χ0n) is 16.7. The van der Waals surface area contributed by atoms with E-state index in [9.17, 15) is 0 Å². The van der Waals surface area contributed by atoms with Crippen molar-refractivity contribution in [3.63, 3.8) is 0 Å². The van der Waals surface area contributed by atoms with E-state index < -0.39 is 0 Å². The average molecular weight is 369 g/mol. The van der Waals surface area contributed by atoms with E-state index in [0.29, 0.717) is 0 Å². The molecule has 0 N–H and O–H groups in total. The van der Waals surface area contributed by atoms with Gasteiger partial charge in [-0.3, -0.25) is 14.5 Å². The summed E-state index contributed by atoms with van der Waals surface area (Å²) in [6, 6.07) is 12.9. The van der Waals surface area contributed by atoms with E-state index in [2.05, 4.69) is 64.7 Å². The molecule has 146 valence electrons. The van der Waals surface area contributed by atoms with Crippen molar-refractivity contribution in [1.29, 1.82) is 0 Å². The Hall–Kier alpha value is -1.69. The number of fused-ring (bicyclic) bond motifs is 1. The number of rotatable bonds is 6. The first kappa shape index (κ1) is 18.7. The third-order valence-electron chi connectivity index (χ3n) is 5.56. The minimum atomic E-state index is 0.284. The lowest BCUT2D eigenvalue weighted by molar-refractivity contribution is 0.0131. The second-order valence-corrected chi connectivity index (χ2v) is 8.78. The number of nitrogens with zero attached hydrogens (tertiary/aromatic N) is 4. The molecule has 2 aliphatic rings. The van der Waals surface area contributed by atoms with Gasteiger partial charge in [0.05, 0.1) is 31.1 Å². The number of benzene rings is 1. The van der Waals surface area contributed by atoms with Gasteiger partial charge in [-0.25, -0.2) is 0 Å². The SMILES string of the molecule is CC(C)(CN1CCOCC1)CN1CCn2nc(Cc3ccccc3)cc2C1. The van der Waals surface area contributed by atoms with Crippen molar-refractivity contribution in [3.8, 4) is 0 Å². The summed E-state index contributed by atoms with van der Waals surface area (Å²) in [5, 5.41) is 4.84. The number of morpholine rings is 1. The summed E-state index contributed by atoms with van der Waals surface area (Å²) in [5.41, 5.74) is 4.16. The van der Waals surface area contributed by atoms with Crippen LogP contribution in [0.1, 0.15) is 30.8 Å².